The molecule has 242 valence electrons. The second kappa shape index (κ2) is 12.2. The first kappa shape index (κ1) is 35.1. The number of rotatable bonds is 7. The Morgan fingerprint density at radius 2 is 1.48 bits per heavy atom. The Bertz CT molecular complexity index is 1620. The molecule has 0 unspecified atom stereocenters. The number of carbonyl (C=O) groups is 2. The first-order valence-electron chi connectivity index (χ1n) is 14.5. The smallest absolute Gasteiger partial charge is 0.436 e. The zero-order valence-electron chi connectivity index (χ0n) is 27.6. The molecule has 0 atom stereocenters. The summed E-state index contributed by atoms with van der Waals surface area (Å²) in [6.45, 7) is 21.1. The number of carbonyl (C=O) groups excluding carboxylic acids is 1. The monoisotopic (exact) mass is 646 g/mol. The maximum atomic E-state index is 13.9. The molecule has 1 N–H and O–H groups in total. The van der Waals surface area contributed by atoms with Crippen LogP contribution in [0, 0.1) is 0 Å². The quantitative estimate of drug-likeness (QED) is 0.212. The Balaban J connectivity index is 2.07. The van der Waals surface area contributed by atoms with E-state index in [2.05, 4.69) is 38.8 Å². The summed E-state index contributed by atoms with van der Waals surface area (Å²) in [5.41, 5.74) is -0.840. The second-order valence-electron chi connectivity index (χ2n) is 14.2. The standard InChI is InChI=1S/C31H46N4O7SSi/c1-29(2,3)34(27(36)37)35(30(4,5)6)28(38)42-26-18-17-25-24(32-26)21-22(19-20-41-44(10,11)31(7,8)9)33(25)43(39,40)23-15-13-12-14-16-23/h12-18,21H,19-20H2,1-11H3,(H,36,37). The Morgan fingerprint density at radius 1 is 0.909 bits per heavy atom. The molecular weight excluding hydrogens is 601 g/mol. The molecule has 0 aliphatic heterocycles. The summed E-state index contributed by atoms with van der Waals surface area (Å²) in [4.78, 5) is 30.3. The Labute approximate surface area is 261 Å². The third-order valence-corrected chi connectivity index (χ3v) is 13.9. The van der Waals surface area contributed by atoms with Crippen LogP contribution in [0.15, 0.2) is 53.4 Å². The van der Waals surface area contributed by atoms with Gasteiger partial charge in [-0.25, -0.2) is 37.0 Å². The highest BCUT2D eigenvalue weighted by Crippen LogP contribution is 2.37. The fourth-order valence-electron chi connectivity index (χ4n) is 4.40. The largest absolute Gasteiger partial charge is 0.464 e. The van der Waals surface area contributed by atoms with Crippen molar-refractivity contribution in [3.05, 3.63) is 54.2 Å². The van der Waals surface area contributed by atoms with Crippen molar-refractivity contribution in [2.75, 3.05) is 6.61 Å². The lowest BCUT2D eigenvalue weighted by Gasteiger charge is -2.46. The maximum absolute atomic E-state index is 13.9. The lowest BCUT2D eigenvalue weighted by Crippen LogP contribution is -2.64. The zero-order valence-corrected chi connectivity index (χ0v) is 29.4. The van der Waals surface area contributed by atoms with Crippen molar-refractivity contribution in [1.82, 2.24) is 19.0 Å². The number of hydrazine groups is 1. The summed E-state index contributed by atoms with van der Waals surface area (Å²) >= 11 is 0. The second-order valence-corrected chi connectivity index (χ2v) is 20.8. The van der Waals surface area contributed by atoms with Crippen LogP contribution in [0.4, 0.5) is 9.59 Å². The molecule has 0 aliphatic rings. The molecule has 1 aromatic carbocycles. The molecule has 0 saturated carbocycles. The van der Waals surface area contributed by atoms with Gasteiger partial charge >= 0.3 is 12.2 Å². The van der Waals surface area contributed by atoms with Crippen LogP contribution in [0.25, 0.3) is 11.0 Å². The number of pyridine rings is 1. The van der Waals surface area contributed by atoms with E-state index >= 15 is 0 Å². The fraction of sp³-hybridized carbons (Fsp3) is 0.516. The number of nitrogens with zero attached hydrogens (tertiary/aromatic N) is 4. The van der Waals surface area contributed by atoms with Crippen molar-refractivity contribution < 1.29 is 32.3 Å². The minimum Gasteiger partial charge on any atom is -0.464 e. The van der Waals surface area contributed by atoms with Gasteiger partial charge in [-0.15, -0.1) is 0 Å². The normalized spacial score (nSPS) is 13.2. The molecule has 0 saturated heterocycles. The first-order chi connectivity index (χ1) is 20.0. The Hall–Kier alpha value is -3.42. The number of aromatic nitrogens is 2. The average molecular weight is 647 g/mol. The molecule has 0 fully saturated rings. The highest BCUT2D eigenvalue weighted by molar-refractivity contribution is 7.90. The minimum atomic E-state index is -4.01. The van der Waals surface area contributed by atoms with Crippen molar-refractivity contribution in [3.63, 3.8) is 0 Å². The van der Waals surface area contributed by atoms with E-state index in [1.54, 1.807) is 65.8 Å². The van der Waals surface area contributed by atoms with Gasteiger partial charge in [0.1, 0.15) is 0 Å². The third-order valence-electron chi connectivity index (χ3n) is 7.59. The van der Waals surface area contributed by atoms with Crippen LogP contribution in [0.1, 0.15) is 68.0 Å². The van der Waals surface area contributed by atoms with Gasteiger partial charge in [0.15, 0.2) is 8.32 Å². The van der Waals surface area contributed by atoms with E-state index in [9.17, 15) is 23.1 Å². The molecule has 44 heavy (non-hydrogen) atoms. The van der Waals surface area contributed by atoms with Crippen molar-refractivity contribution >= 4 is 41.6 Å². The number of ether oxygens (including phenoxy) is 1. The topological polar surface area (TPSA) is 131 Å². The fourth-order valence-corrected chi connectivity index (χ4v) is 7.02. The molecule has 3 rings (SSSR count). The van der Waals surface area contributed by atoms with Crippen molar-refractivity contribution in [1.29, 1.82) is 0 Å². The zero-order chi connectivity index (χ0) is 33.5. The third kappa shape index (κ3) is 7.44. The molecule has 11 nitrogen and oxygen atoms in total. The molecule has 3 aromatic rings. The molecule has 0 bridgehead atoms. The van der Waals surface area contributed by atoms with Crippen molar-refractivity contribution in [2.45, 2.75) is 103 Å². The van der Waals surface area contributed by atoms with Gasteiger partial charge in [-0.3, -0.25) is 0 Å². The highest BCUT2D eigenvalue weighted by atomic mass is 32.2. The van der Waals surface area contributed by atoms with Crippen molar-refractivity contribution in [3.8, 4) is 5.88 Å². The average Bonchev–Trinajstić information content (AvgIpc) is 3.23. The molecule has 2 amide bonds. The van der Waals surface area contributed by atoms with E-state index in [1.165, 1.54) is 28.2 Å². The van der Waals surface area contributed by atoms with Gasteiger partial charge in [0.25, 0.3) is 10.0 Å². The summed E-state index contributed by atoms with van der Waals surface area (Å²) in [6, 6.07) is 12.7. The van der Waals surface area contributed by atoms with Gasteiger partial charge in [-0.1, -0.05) is 39.0 Å². The molecule has 0 aliphatic carbocycles. The van der Waals surface area contributed by atoms with Crippen LogP contribution >= 0.6 is 0 Å². The number of benzene rings is 1. The lowest BCUT2D eigenvalue weighted by atomic mass is 10.1. The minimum absolute atomic E-state index is 0.0136. The van der Waals surface area contributed by atoms with E-state index in [4.69, 9.17) is 9.16 Å². The van der Waals surface area contributed by atoms with Gasteiger partial charge in [0.2, 0.25) is 5.88 Å². The molecule has 0 radical (unpaired) electrons. The van der Waals surface area contributed by atoms with E-state index in [1.807, 2.05) is 0 Å². The number of hydrogen-bond acceptors (Lipinski definition) is 7. The summed E-state index contributed by atoms with van der Waals surface area (Å²) in [6.07, 6.45) is -1.96. The van der Waals surface area contributed by atoms with Crippen molar-refractivity contribution in [2.24, 2.45) is 0 Å². The molecule has 0 spiro atoms. The summed E-state index contributed by atoms with van der Waals surface area (Å²) < 4.78 is 41.0. The lowest BCUT2D eigenvalue weighted by molar-refractivity contribution is -0.0918. The Morgan fingerprint density at radius 3 is 1.98 bits per heavy atom. The van der Waals surface area contributed by atoms with Crippen LogP contribution in [0.5, 0.6) is 5.88 Å². The summed E-state index contributed by atoms with van der Waals surface area (Å²) in [7, 11) is -6.10. The maximum Gasteiger partial charge on any atom is 0.436 e. The summed E-state index contributed by atoms with van der Waals surface area (Å²) in [5, 5.41) is 11.9. The van der Waals surface area contributed by atoms with E-state index < -0.39 is 41.6 Å². The molecule has 13 heteroatoms. The van der Waals surface area contributed by atoms with Gasteiger partial charge in [0.05, 0.1) is 27.0 Å². The first-order valence-corrected chi connectivity index (χ1v) is 18.8. The number of amides is 2. The number of hydrogen-bond donors (Lipinski definition) is 1. The molecule has 2 heterocycles. The molecular formula is C31H46N4O7SSi. The Kier molecular flexibility index (Phi) is 9.69. The summed E-state index contributed by atoms with van der Waals surface area (Å²) in [5.74, 6) is -0.102. The van der Waals surface area contributed by atoms with Crippen LogP contribution in [0.2, 0.25) is 18.1 Å². The van der Waals surface area contributed by atoms with Crippen LogP contribution in [-0.2, 0) is 20.9 Å². The molecule has 2 aromatic heterocycles. The van der Waals surface area contributed by atoms with Gasteiger partial charge in [-0.2, -0.15) is 0 Å². The van der Waals surface area contributed by atoms with E-state index in [0.29, 0.717) is 29.8 Å². The van der Waals surface area contributed by atoms with Crippen LogP contribution in [-0.4, -0.2) is 70.7 Å². The van der Waals surface area contributed by atoms with Gasteiger partial charge in [-0.05, 0) is 83.9 Å². The SMILES string of the molecule is CC(C)(C)N(C(=O)O)N(C(=O)Oc1ccc2c(cc(CCO[Si](C)(C)C(C)(C)C)n2S(=O)(=O)c2ccccc2)n1)C(C)(C)C. The van der Waals surface area contributed by atoms with Crippen LogP contribution < -0.4 is 4.74 Å². The van der Waals surface area contributed by atoms with E-state index in [0.717, 1.165) is 10.0 Å². The number of fused-ring (bicyclic) bond motifs is 1. The highest BCUT2D eigenvalue weighted by Gasteiger charge is 2.42. The number of carboxylic acid groups (broad SMARTS) is 1. The van der Waals surface area contributed by atoms with Crippen LogP contribution in [0.3, 0.4) is 0 Å². The van der Waals surface area contributed by atoms with E-state index in [-0.39, 0.29) is 15.8 Å². The predicted octanol–water partition coefficient (Wildman–Crippen LogP) is 7.13. The predicted molar refractivity (Wildman–Crippen MR) is 173 cm³/mol. The van der Waals surface area contributed by atoms with Gasteiger partial charge in [0, 0.05) is 24.8 Å². The van der Waals surface area contributed by atoms with Gasteiger partial charge < -0.3 is 14.3 Å².